The first-order valence-corrected chi connectivity index (χ1v) is 23.1. The van der Waals surface area contributed by atoms with E-state index in [1.54, 1.807) is 19.1 Å². The van der Waals surface area contributed by atoms with Gasteiger partial charge in [-0.15, -0.1) is 0 Å². The summed E-state index contributed by atoms with van der Waals surface area (Å²) in [5.74, 6) is -1.68. The van der Waals surface area contributed by atoms with Crippen LogP contribution in [0.3, 0.4) is 0 Å². The molecule has 1 aromatic rings. The van der Waals surface area contributed by atoms with E-state index in [9.17, 15) is 36.3 Å². The normalized spacial score (nSPS) is 40.6. The molecule has 0 spiro atoms. The van der Waals surface area contributed by atoms with Crippen molar-refractivity contribution in [2.45, 2.75) is 117 Å². The van der Waals surface area contributed by atoms with Crippen LogP contribution in [0.1, 0.15) is 109 Å². The van der Waals surface area contributed by atoms with E-state index >= 15 is 0 Å². The molecule has 2 aliphatic heterocycles. The highest BCUT2D eigenvalue weighted by Crippen LogP contribution is 2.76. The summed E-state index contributed by atoms with van der Waals surface area (Å²) in [4.78, 5) is 26.3. The Morgan fingerprint density at radius 1 is 0.965 bits per heavy atom. The number of benzene rings is 1. The van der Waals surface area contributed by atoms with Crippen LogP contribution in [0, 0.1) is 51.2 Å². The van der Waals surface area contributed by atoms with Crippen molar-refractivity contribution in [2.24, 2.45) is 51.2 Å². The highest BCUT2D eigenvalue weighted by atomic mass is 32.2. The molecule has 1 amide bonds. The molecule has 3 saturated carbocycles. The van der Waals surface area contributed by atoms with Gasteiger partial charge >= 0.3 is 18.1 Å². The molecule has 1 aromatic carbocycles. The van der Waals surface area contributed by atoms with Crippen LogP contribution in [0.2, 0.25) is 0 Å². The minimum absolute atomic E-state index is 0.00383. The third-order valence-electron chi connectivity index (χ3n) is 17.4. The van der Waals surface area contributed by atoms with Crippen LogP contribution in [0.15, 0.2) is 30.3 Å². The second-order valence-corrected chi connectivity index (χ2v) is 22.5. The van der Waals surface area contributed by atoms with E-state index in [1.807, 2.05) is 12.1 Å². The number of carbonyl (C=O) groups excluding carboxylic acids is 1. The number of hydrogen-bond donors (Lipinski definition) is 4. The predicted octanol–water partition coefficient (Wildman–Crippen LogP) is 6.80. The number of alkyl halides is 3. The number of carboxylic acids is 1. The average molecular weight is 819 g/mol. The fourth-order valence-corrected chi connectivity index (χ4v) is 15.7. The number of carboxylic acid groups (broad SMARTS) is 1. The van der Waals surface area contributed by atoms with E-state index < -0.39 is 39.5 Å². The fraction of sp³-hybridized carbons (Fsp3) is 0.773. The van der Waals surface area contributed by atoms with Crippen molar-refractivity contribution in [1.29, 1.82) is 0 Å². The van der Waals surface area contributed by atoms with Crippen molar-refractivity contribution in [3.05, 3.63) is 41.5 Å². The number of amides is 1. The summed E-state index contributed by atoms with van der Waals surface area (Å²) >= 11 is 0. The molecule has 0 radical (unpaired) electrons. The Bertz CT molecular complexity index is 1860. The Morgan fingerprint density at radius 3 is 2.26 bits per heavy atom. The van der Waals surface area contributed by atoms with Gasteiger partial charge in [0.1, 0.15) is 0 Å². The fourth-order valence-electron chi connectivity index (χ4n) is 14.4. The van der Waals surface area contributed by atoms with E-state index in [2.05, 4.69) is 68.5 Å². The summed E-state index contributed by atoms with van der Waals surface area (Å²) < 4.78 is 65.4. The third kappa shape index (κ3) is 7.09. The molecular formula is C44H65F3N4O5S. The first-order valence-electron chi connectivity index (χ1n) is 21.3. The lowest BCUT2D eigenvalue weighted by Crippen LogP contribution is -2.76. The van der Waals surface area contributed by atoms with Crippen LogP contribution in [0.4, 0.5) is 13.2 Å². The molecule has 5 fully saturated rings. The summed E-state index contributed by atoms with van der Waals surface area (Å²) in [6.07, 6.45) is 4.36. The van der Waals surface area contributed by atoms with E-state index in [0.717, 1.165) is 50.5 Å². The molecule has 318 valence electrons. The quantitative estimate of drug-likeness (QED) is 0.226. The van der Waals surface area contributed by atoms with Crippen LogP contribution < -0.4 is 16.0 Å². The van der Waals surface area contributed by atoms with Crippen LogP contribution in [0.25, 0.3) is 5.57 Å². The van der Waals surface area contributed by atoms with E-state index in [0.29, 0.717) is 44.6 Å². The summed E-state index contributed by atoms with van der Waals surface area (Å²) in [7, 11) is -3.01. The van der Waals surface area contributed by atoms with Crippen LogP contribution in [-0.4, -0.2) is 98.3 Å². The zero-order valence-electron chi connectivity index (χ0n) is 34.9. The number of allylic oxidation sites excluding steroid dienone is 2. The topological polar surface area (TPSA) is 128 Å². The van der Waals surface area contributed by atoms with Crippen molar-refractivity contribution in [1.82, 2.24) is 20.9 Å². The van der Waals surface area contributed by atoms with Gasteiger partial charge in [-0.3, -0.25) is 4.79 Å². The van der Waals surface area contributed by atoms with E-state index in [-0.39, 0.29) is 62.5 Å². The number of rotatable bonds is 8. The van der Waals surface area contributed by atoms with Gasteiger partial charge in [-0.2, -0.15) is 13.2 Å². The van der Waals surface area contributed by atoms with Gasteiger partial charge in [0.05, 0.1) is 17.1 Å². The SMILES string of the molecule is CC1NCC2(NCCN3CCS(=O)(=O)CC3)CCC3(C)C(CCC4C5(C)CC=C(c6ccc(C(=O)O)cc6)C(C)(C)C5CCC43C)C2C1C(C)NC(=O)C(F)(F)F. The zero-order valence-corrected chi connectivity index (χ0v) is 35.7. The maximum absolute atomic E-state index is 13.7. The molecule has 57 heavy (non-hydrogen) atoms. The minimum atomic E-state index is -4.97. The average Bonchev–Trinajstić information content (AvgIpc) is 3.12. The van der Waals surface area contributed by atoms with Crippen molar-refractivity contribution >= 4 is 27.3 Å². The number of piperidine rings is 1. The molecule has 2 heterocycles. The molecule has 11 unspecified atom stereocenters. The largest absolute Gasteiger partial charge is 0.478 e. The number of hydrogen-bond acceptors (Lipinski definition) is 7. The van der Waals surface area contributed by atoms with Crippen molar-refractivity contribution in [3.8, 4) is 0 Å². The second-order valence-electron chi connectivity index (χ2n) is 20.2. The molecule has 0 aromatic heterocycles. The maximum atomic E-state index is 13.7. The molecule has 2 saturated heterocycles. The Hall–Kier alpha value is -2.48. The number of fused-ring (bicyclic) bond motifs is 7. The zero-order chi connectivity index (χ0) is 41.6. The summed E-state index contributed by atoms with van der Waals surface area (Å²) in [6.45, 7) is 19.1. The summed E-state index contributed by atoms with van der Waals surface area (Å²) in [5.41, 5.74) is 2.03. The lowest BCUT2D eigenvalue weighted by atomic mass is 9.32. The minimum Gasteiger partial charge on any atom is -0.478 e. The number of aromatic carboxylic acids is 1. The Morgan fingerprint density at radius 2 is 1.63 bits per heavy atom. The molecule has 11 atom stereocenters. The molecule has 4 aliphatic carbocycles. The summed E-state index contributed by atoms with van der Waals surface area (Å²) in [6, 6.07) is 6.47. The smallest absolute Gasteiger partial charge is 0.471 e. The van der Waals surface area contributed by atoms with Gasteiger partial charge in [-0.25, -0.2) is 13.2 Å². The van der Waals surface area contributed by atoms with Crippen LogP contribution in [-0.2, 0) is 14.6 Å². The Labute approximate surface area is 337 Å². The van der Waals surface area contributed by atoms with Gasteiger partial charge in [0.2, 0.25) is 0 Å². The lowest BCUT2D eigenvalue weighted by molar-refractivity contribution is -0.231. The number of carbonyl (C=O) groups is 2. The van der Waals surface area contributed by atoms with Gasteiger partial charge in [0.25, 0.3) is 0 Å². The number of sulfone groups is 1. The third-order valence-corrected chi connectivity index (χ3v) is 19.0. The van der Waals surface area contributed by atoms with Crippen molar-refractivity contribution < 1.29 is 36.3 Å². The monoisotopic (exact) mass is 818 g/mol. The van der Waals surface area contributed by atoms with Crippen molar-refractivity contribution in [3.63, 3.8) is 0 Å². The van der Waals surface area contributed by atoms with Crippen LogP contribution in [0.5, 0.6) is 0 Å². The molecule has 0 bridgehead atoms. The van der Waals surface area contributed by atoms with Gasteiger partial charge < -0.3 is 26.0 Å². The summed E-state index contributed by atoms with van der Waals surface area (Å²) in [5, 5.41) is 19.6. The van der Waals surface area contributed by atoms with Crippen LogP contribution >= 0.6 is 0 Å². The van der Waals surface area contributed by atoms with E-state index in [1.165, 1.54) is 5.57 Å². The highest BCUT2D eigenvalue weighted by molar-refractivity contribution is 7.91. The molecule has 7 rings (SSSR count). The standard InChI is InChI=1S/C44H65F3N4O5S/c1-27-35(28(2)50-38(54)44(45,46)47)36-32-12-13-34-40(5)16-14-31(29-8-10-30(11-9-29)37(52)53)39(3,4)33(40)15-17-42(34,7)41(32,6)18-19-43(36,26-48-27)49-20-21-51-22-24-57(55,56)25-23-51/h8-11,14,27-28,32-36,48-49H,12-13,15-26H2,1-7H3,(H,50,54)(H,52,53). The number of halogens is 3. The maximum Gasteiger partial charge on any atom is 0.471 e. The van der Waals surface area contributed by atoms with E-state index in [4.69, 9.17) is 0 Å². The Kier molecular flexibility index (Phi) is 10.9. The molecular weight excluding hydrogens is 754 g/mol. The molecule has 13 heteroatoms. The van der Waals surface area contributed by atoms with Gasteiger partial charge in [-0.1, -0.05) is 52.8 Å². The first-order chi connectivity index (χ1) is 26.5. The van der Waals surface area contributed by atoms with Gasteiger partial charge in [0, 0.05) is 50.3 Å². The molecule has 4 N–H and O–H groups in total. The van der Waals surface area contributed by atoms with Crippen molar-refractivity contribution in [2.75, 3.05) is 44.2 Å². The lowest BCUT2D eigenvalue weighted by Gasteiger charge is -2.74. The molecule has 6 aliphatic rings. The van der Waals surface area contributed by atoms with Gasteiger partial charge in [-0.05, 0) is 133 Å². The molecule has 9 nitrogen and oxygen atoms in total. The predicted molar refractivity (Wildman–Crippen MR) is 216 cm³/mol. The second kappa shape index (κ2) is 14.6. The highest BCUT2D eigenvalue weighted by Gasteiger charge is 2.70. The van der Waals surface area contributed by atoms with Gasteiger partial charge in [0.15, 0.2) is 9.84 Å². The first kappa shape index (κ1) is 42.6. The Balaban J connectivity index is 1.21. The number of nitrogens with zero attached hydrogens (tertiary/aromatic N) is 1. The number of nitrogens with one attached hydrogen (secondary N) is 3.